The number of carbonyl (C=O) groups is 2. The van der Waals surface area contributed by atoms with Gasteiger partial charge in [0.25, 0.3) is 0 Å². The van der Waals surface area contributed by atoms with E-state index in [9.17, 15) is 9.59 Å². The molecule has 2 aliphatic heterocycles. The molecule has 2 fully saturated rings. The summed E-state index contributed by atoms with van der Waals surface area (Å²) in [5.41, 5.74) is 0. The monoisotopic (exact) mass is 426 g/mol. The van der Waals surface area contributed by atoms with Crippen LogP contribution in [-0.4, -0.2) is 69.1 Å². The first kappa shape index (κ1) is 21.3. The lowest BCUT2D eigenvalue weighted by Gasteiger charge is -2.37. The number of esters is 1. The number of imidazole rings is 1. The predicted octanol–water partition coefficient (Wildman–Crippen LogP) is 1.99. The van der Waals surface area contributed by atoms with Gasteiger partial charge in [-0.2, -0.15) is 0 Å². The predicted molar refractivity (Wildman–Crippen MR) is 115 cm³/mol. The molecule has 0 aliphatic carbocycles. The van der Waals surface area contributed by atoms with Crippen molar-refractivity contribution in [3.05, 3.63) is 30.6 Å². The van der Waals surface area contributed by atoms with E-state index in [4.69, 9.17) is 4.74 Å². The van der Waals surface area contributed by atoms with E-state index in [1.807, 2.05) is 35.6 Å². The second-order valence-electron chi connectivity index (χ2n) is 8.22. The summed E-state index contributed by atoms with van der Waals surface area (Å²) in [5, 5.41) is 0. The van der Waals surface area contributed by atoms with Gasteiger partial charge in [0, 0.05) is 50.6 Å². The SMILES string of the molecule is CCOC(=O)C1CCCN(C(=O)C2CCN(c3cc(-n4ccnc4C)ncn3)CC2)C1. The molecule has 0 spiro atoms. The van der Waals surface area contributed by atoms with Crippen LogP contribution in [0.25, 0.3) is 5.82 Å². The minimum atomic E-state index is -0.191. The van der Waals surface area contributed by atoms with Gasteiger partial charge in [0.15, 0.2) is 0 Å². The topological polar surface area (TPSA) is 93.5 Å². The first-order valence-corrected chi connectivity index (χ1v) is 11.1. The molecule has 2 saturated heterocycles. The second-order valence-corrected chi connectivity index (χ2v) is 8.22. The zero-order valence-electron chi connectivity index (χ0n) is 18.2. The maximum absolute atomic E-state index is 13.1. The smallest absolute Gasteiger partial charge is 0.310 e. The normalized spacial score (nSPS) is 20.0. The molecule has 31 heavy (non-hydrogen) atoms. The molecule has 1 atom stereocenters. The number of aromatic nitrogens is 4. The summed E-state index contributed by atoms with van der Waals surface area (Å²) in [5.74, 6) is 2.32. The van der Waals surface area contributed by atoms with Gasteiger partial charge in [-0.15, -0.1) is 0 Å². The van der Waals surface area contributed by atoms with Gasteiger partial charge in [0.05, 0.1) is 12.5 Å². The van der Waals surface area contributed by atoms with Gasteiger partial charge in [0.2, 0.25) is 5.91 Å². The van der Waals surface area contributed by atoms with E-state index < -0.39 is 0 Å². The van der Waals surface area contributed by atoms with Crippen LogP contribution in [0.15, 0.2) is 24.8 Å². The Labute approximate surface area is 182 Å². The summed E-state index contributed by atoms with van der Waals surface area (Å²) in [6, 6.07) is 1.96. The van der Waals surface area contributed by atoms with Crippen LogP contribution in [0.3, 0.4) is 0 Å². The number of hydrogen-bond acceptors (Lipinski definition) is 7. The van der Waals surface area contributed by atoms with Gasteiger partial charge in [-0.25, -0.2) is 15.0 Å². The third-order valence-electron chi connectivity index (χ3n) is 6.23. The third-order valence-corrected chi connectivity index (χ3v) is 6.23. The Morgan fingerprint density at radius 3 is 2.55 bits per heavy atom. The maximum Gasteiger partial charge on any atom is 0.310 e. The molecule has 4 heterocycles. The van der Waals surface area contributed by atoms with Crippen LogP contribution in [0.5, 0.6) is 0 Å². The summed E-state index contributed by atoms with van der Waals surface area (Å²) >= 11 is 0. The number of amides is 1. The standard InChI is InChI=1S/C22H30N6O3/c1-3-31-22(30)18-5-4-9-27(14-18)21(29)17-6-10-26(11-7-17)19-13-20(25-15-24-19)28-12-8-23-16(28)2/h8,12-13,15,17-18H,3-7,9-11,14H2,1-2H3. The van der Waals surface area contributed by atoms with Crippen LogP contribution in [-0.2, 0) is 14.3 Å². The minimum absolute atomic E-state index is 0.00519. The number of likely N-dealkylation sites (tertiary alicyclic amines) is 1. The van der Waals surface area contributed by atoms with Gasteiger partial charge < -0.3 is 14.5 Å². The summed E-state index contributed by atoms with van der Waals surface area (Å²) in [7, 11) is 0. The lowest BCUT2D eigenvalue weighted by molar-refractivity contribution is -0.152. The Hall–Kier alpha value is -2.97. The van der Waals surface area contributed by atoms with Crippen molar-refractivity contribution in [3.63, 3.8) is 0 Å². The molecular formula is C22H30N6O3. The molecule has 0 N–H and O–H groups in total. The fraction of sp³-hybridized carbons (Fsp3) is 0.591. The molecule has 0 bridgehead atoms. The average molecular weight is 427 g/mol. The van der Waals surface area contributed by atoms with Crippen molar-refractivity contribution in [3.8, 4) is 5.82 Å². The van der Waals surface area contributed by atoms with Crippen molar-refractivity contribution in [1.82, 2.24) is 24.4 Å². The van der Waals surface area contributed by atoms with Crippen LogP contribution in [0.2, 0.25) is 0 Å². The highest BCUT2D eigenvalue weighted by Crippen LogP contribution is 2.27. The Morgan fingerprint density at radius 2 is 1.84 bits per heavy atom. The highest BCUT2D eigenvalue weighted by Gasteiger charge is 2.34. The van der Waals surface area contributed by atoms with Gasteiger partial charge in [-0.1, -0.05) is 0 Å². The van der Waals surface area contributed by atoms with E-state index in [0.717, 1.165) is 62.8 Å². The highest BCUT2D eigenvalue weighted by molar-refractivity contribution is 5.80. The molecule has 166 valence electrons. The van der Waals surface area contributed by atoms with E-state index in [-0.39, 0.29) is 23.7 Å². The highest BCUT2D eigenvalue weighted by atomic mass is 16.5. The first-order chi connectivity index (χ1) is 15.1. The fourth-order valence-electron chi connectivity index (χ4n) is 4.51. The van der Waals surface area contributed by atoms with Crippen LogP contribution < -0.4 is 4.90 Å². The Morgan fingerprint density at radius 1 is 1.06 bits per heavy atom. The van der Waals surface area contributed by atoms with E-state index in [1.54, 1.807) is 12.5 Å². The third kappa shape index (κ3) is 4.70. The second kappa shape index (κ2) is 9.45. The van der Waals surface area contributed by atoms with Gasteiger partial charge in [-0.05, 0) is 39.5 Å². The number of rotatable bonds is 5. The Balaban J connectivity index is 1.35. The fourth-order valence-corrected chi connectivity index (χ4v) is 4.51. The molecule has 2 aromatic heterocycles. The summed E-state index contributed by atoms with van der Waals surface area (Å²) in [4.78, 5) is 42.3. The molecule has 2 aromatic rings. The molecule has 9 heteroatoms. The molecular weight excluding hydrogens is 396 g/mol. The van der Waals surface area contributed by atoms with Gasteiger partial charge >= 0.3 is 5.97 Å². The molecule has 0 radical (unpaired) electrons. The van der Waals surface area contributed by atoms with Crippen LogP contribution >= 0.6 is 0 Å². The van der Waals surface area contributed by atoms with E-state index in [2.05, 4.69) is 19.9 Å². The van der Waals surface area contributed by atoms with Crippen molar-refractivity contribution in [2.45, 2.75) is 39.5 Å². The van der Waals surface area contributed by atoms with Crippen LogP contribution in [0.4, 0.5) is 5.82 Å². The van der Waals surface area contributed by atoms with Crippen molar-refractivity contribution in [1.29, 1.82) is 0 Å². The minimum Gasteiger partial charge on any atom is -0.466 e. The molecule has 4 rings (SSSR count). The molecule has 1 unspecified atom stereocenters. The van der Waals surface area contributed by atoms with Crippen LogP contribution in [0.1, 0.15) is 38.4 Å². The van der Waals surface area contributed by atoms with Crippen molar-refractivity contribution >= 4 is 17.7 Å². The Bertz CT molecular complexity index is 921. The molecule has 9 nitrogen and oxygen atoms in total. The van der Waals surface area contributed by atoms with Gasteiger partial charge in [-0.3, -0.25) is 14.2 Å². The number of aryl methyl sites for hydroxylation is 1. The molecule has 2 aliphatic rings. The molecule has 0 aromatic carbocycles. The quantitative estimate of drug-likeness (QED) is 0.675. The number of carbonyl (C=O) groups excluding carboxylic acids is 2. The first-order valence-electron chi connectivity index (χ1n) is 11.1. The number of nitrogens with zero attached hydrogens (tertiary/aromatic N) is 6. The number of hydrogen-bond donors (Lipinski definition) is 0. The largest absolute Gasteiger partial charge is 0.466 e. The Kier molecular flexibility index (Phi) is 6.48. The van der Waals surface area contributed by atoms with E-state index in [1.165, 1.54) is 0 Å². The van der Waals surface area contributed by atoms with E-state index >= 15 is 0 Å². The number of anilines is 1. The summed E-state index contributed by atoms with van der Waals surface area (Å²) < 4.78 is 7.09. The molecule has 0 saturated carbocycles. The molecule has 1 amide bonds. The lowest BCUT2D eigenvalue weighted by atomic mass is 9.92. The van der Waals surface area contributed by atoms with Crippen molar-refractivity contribution in [2.75, 3.05) is 37.7 Å². The van der Waals surface area contributed by atoms with Crippen LogP contribution in [0, 0.1) is 18.8 Å². The zero-order chi connectivity index (χ0) is 21.8. The average Bonchev–Trinajstić information content (AvgIpc) is 3.25. The van der Waals surface area contributed by atoms with Crippen molar-refractivity contribution < 1.29 is 14.3 Å². The summed E-state index contributed by atoms with van der Waals surface area (Å²) in [6.07, 6.45) is 8.42. The van der Waals surface area contributed by atoms with Crippen molar-refractivity contribution in [2.24, 2.45) is 11.8 Å². The zero-order valence-corrected chi connectivity index (χ0v) is 18.2. The van der Waals surface area contributed by atoms with Gasteiger partial charge in [0.1, 0.15) is 23.8 Å². The van der Waals surface area contributed by atoms with E-state index in [0.29, 0.717) is 13.2 Å². The lowest BCUT2D eigenvalue weighted by Crippen LogP contribution is -2.47. The number of piperidine rings is 2. The summed E-state index contributed by atoms with van der Waals surface area (Å²) in [6.45, 7) is 6.88. The maximum atomic E-state index is 13.1. The number of ether oxygens (including phenoxy) is 1.